The third kappa shape index (κ3) is 5.33. The van der Waals surface area contributed by atoms with Crippen LogP contribution in [0, 0.1) is 6.92 Å². The second kappa shape index (κ2) is 10.0. The van der Waals surface area contributed by atoms with Gasteiger partial charge in [-0.25, -0.2) is 0 Å². The van der Waals surface area contributed by atoms with Gasteiger partial charge in [0.25, 0.3) is 0 Å². The Labute approximate surface area is 196 Å². The summed E-state index contributed by atoms with van der Waals surface area (Å²) in [6.07, 6.45) is 0. The van der Waals surface area contributed by atoms with Crippen molar-refractivity contribution >= 4 is 23.4 Å². The molecular weight excluding hydrogens is 444 g/mol. The molecule has 1 aliphatic heterocycles. The molecule has 33 heavy (non-hydrogen) atoms. The summed E-state index contributed by atoms with van der Waals surface area (Å²) < 4.78 is 24.1. The fraction of sp³-hybridized carbons (Fsp3) is 0.348. The largest absolute Gasteiger partial charge is 0.490 e. The van der Waals surface area contributed by atoms with Crippen LogP contribution in [0.2, 0.25) is 0 Å². The minimum absolute atomic E-state index is 0.152. The van der Waals surface area contributed by atoms with Gasteiger partial charge in [0, 0.05) is 18.8 Å². The highest BCUT2D eigenvalue weighted by molar-refractivity contribution is 8.00. The van der Waals surface area contributed by atoms with Crippen molar-refractivity contribution in [2.24, 2.45) is 7.05 Å². The smallest absolute Gasteiger partial charge is 0.237 e. The molecule has 2 aromatic carbocycles. The molecule has 0 aliphatic carbocycles. The molecule has 0 bridgehead atoms. The average Bonchev–Trinajstić information content (AvgIpc) is 3.40. The van der Waals surface area contributed by atoms with Gasteiger partial charge in [-0.05, 0) is 50.6 Å². The third-order valence-electron chi connectivity index (χ3n) is 4.97. The van der Waals surface area contributed by atoms with Crippen LogP contribution in [0.5, 0.6) is 23.0 Å². The van der Waals surface area contributed by atoms with E-state index in [2.05, 4.69) is 15.5 Å². The van der Waals surface area contributed by atoms with Crippen LogP contribution < -0.4 is 24.3 Å². The Morgan fingerprint density at radius 1 is 1.15 bits per heavy atom. The molecule has 1 aliphatic rings. The van der Waals surface area contributed by atoms with Crippen LogP contribution in [0.4, 0.5) is 5.69 Å². The minimum Gasteiger partial charge on any atom is -0.490 e. The van der Waals surface area contributed by atoms with E-state index in [0.717, 1.165) is 5.56 Å². The van der Waals surface area contributed by atoms with E-state index in [0.29, 0.717) is 46.3 Å². The van der Waals surface area contributed by atoms with Gasteiger partial charge in [0.1, 0.15) is 6.61 Å². The van der Waals surface area contributed by atoms with E-state index in [1.165, 1.54) is 11.8 Å². The van der Waals surface area contributed by atoms with Crippen LogP contribution in [0.25, 0.3) is 0 Å². The van der Waals surface area contributed by atoms with Crippen LogP contribution in [0.1, 0.15) is 25.2 Å². The van der Waals surface area contributed by atoms with E-state index in [-0.39, 0.29) is 19.3 Å². The fourth-order valence-electron chi connectivity index (χ4n) is 3.15. The first-order chi connectivity index (χ1) is 15.9. The van der Waals surface area contributed by atoms with E-state index in [4.69, 9.17) is 18.9 Å². The lowest BCUT2D eigenvalue weighted by atomic mass is 10.2. The number of thioether (sulfide) groups is 1. The highest BCUT2D eigenvalue weighted by atomic mass is 32.2. The summed E-state index contributed by atoms with van der Waals surface area (Å²) in [4.78, 5) is 12.7. The molecule has 0 fully saturated rings. The van der Waals surface area contributed by atoms with Gasteiger partial charge in [-0.3, -0.25) is 4.79 Å². The lowest BCUT2D eigenvalue weighted by molar-refractivity contribution is -0.115. The molecule has 0 saturated carbocycles. The number of anilines is 1. The zero-order valence-corrected chi connectivity index (χ0v) is 19.8. The molecule has 10 heteroatoms. The minimum atomic E-state index is -0.395. The van der Waals surface area contributed by atoms with E-state index in [9.17, 15) is 4.79 Å². The van der Waals surface area contributed by atoms with E-state index < -0.39 is 5.25 Å². The van der Waals surface area contributed by atoms with Gasteiger partial charge >= 0.3 is 0 Å². The molecule has 1 N–H and O–H groups in total. The number of hydrogen-bond donors (Lipinski definition) is 1. The molecule has 2 heterocycles. The number of rotatable bonds is 9. The molecule has 1 amide bonds. The number of nitrogens with one attached hydrogen (secondary N) is 1. The molecule has 9 nitrogen and oxygen atoms in total. The topological polar surface area (TPSA) is 96.7 Å². The average molecular weight is 471 g/mol. The first kappa shape index (κ1) is 22.8. The summed E-state index contributed by atoms with van der Waals surface area (Å²) in [5.74, 6) is 3.12. The Hall–Kier alpha value is -3.40. The fourth-order valence-corrected chi connectivity index (χ4v) is 3.98. The van der Waals surface area contributed by atoms with E-state index in [1.807, 2.05) is 50.6 Å². The normalized spacial score (nSPS) is 13.0. The maximum absolute atomic E-state index is 12.7. The van der Waals surface area contributed by atoms with Gasteiger partial charge in [0.05, 0.1) is 11.9 Å². The quantitative estimate of drug-likeness (QED) is 0.470. The van der Waals surface area contributed by atoms with Crippen molar-refractivity contribution in [1.82, 2.24) is 14.8 Å². The Balaban J connectivity index is 1.36. The molecule has 3 aromatic rings. The zero-order chi connectivity index (χ0) is 23.4. The number of hydrogen-bond acceptors (Lipinski definition) is 8. The number of aryl methyl sites for hydroxylation is 1. The zero-order valence-electron chi connectivity index (χ0n) is 19.0. The lowest BCUT2D eigenvalue weighted by Crippen LogP contribution is -2.22. The number of benzene rings is 2. The first-order valence-electron chi connectivity index (χ1n) is 10.6. The van der Waals surface area contributed by atoms with Crippen molar-refractivity contribution in [1.29, 1.82) is 0 Å². The van der Waals surface area contributed by atoms with Crippen LogP contribution >= 0.6 is 11.8 Å². The van der Waals surface area contributed by atoms with Crippen molar-refractivity contribution in [3.8, 4) is 23.0 Å². The van der Waals surface area contributed by atoms with Crippen molar-refractivity contribution in [3.05, 3.63) is 47.8 Å². The Morgan fingerprint density at radius 2 is 1.97 bits per heavy atom. The van der Waals surface area contributed by atoms with Crippen LogP contribution in [0.3, 0.4) is 0 Å². The van der Waals surface area contributed by atoms with Gasteiger partial charge in [-0.2, -0.15) is 0 Å². The summed E-state index contributed by atoms with van der Waals surface area (Å²) >= 11 is 1.32. The second-order valence-corrected chi connectivity index (χ2v) is 8.76. The summed E-state index contributed by atoms with van der Waals surface area (Å²) in [5.41, 5.74) is 1.74. The van der Waals surface area contributed by atoms with Gasteiger partial charge < -0.3 is 28.8 Å². The molecule has 0 radical (unpaired) electrons. The monoisotopic (exact) mass is 470 g/mol. The maximum atomic E-state index is 12.7. The van der Waals surface area contributed by atoms with Gasteiger partial charge in [0.2, 0.25) is 12.7 Å². The summed E-state index contributed by atoms with van der Waals surface area (Å²) in [7, 11) is 1.85. The number of ether oxygens (including phenoxy) is 4. The molecule has 174 valence electrons. The first-order valence-corrected chi connectivity index (χ1v) is 11.4. The van der Waals surface area contributed by atoms with Gasteiger partial charge in [0.15, 0.2) is 34.0 Å². The molecule has 1 atom stereocenters. The lowest BCUT2D eigenvalue weighted by Gasteiger charge is -2.13. The standard InChI is InChI=1S/C23H26N4O5S/c1-5-29-19-10-14(2)6-8-17(19)30-12-21-25-26-23(27(21)4)33-15(3)22(28)24-16-7-9-18-20(11-16)32-13-31-18/h6-11,15H,5,12-13H2,1-4H3,(H,24,28)/t15-/m1/s1. The predicted octanol–water partition coefficient (Wildman–Crippen LogP) is 3.95. The van der Waals surface area contributed by atoms with Crippen molar-refractivity contribution in [2.75, 3.05) is 18.7 Å². The highest BCUT2D eigenvalue weighted by Gasteiger charge is 2.21. The Morgan fingerprint density at radius 3 is 2.79 bits per heavy atom. The maximum Gasteiger partial charge on any atom is 0.237 e. The summed E-state index contributed by atoms with van der Waals surface area (Å²) in [6, 6.07) is 11.1. The molecule has 0 spiro atoms. The van der Waals surface area contributed by atoms with Crippen molar-refractivity contribution in [2.45, 2.75) is 37.8 Å². The van der Waals surface area contributed by atoms with Crippen LogP contribution in [-0.4, -0.2) is 39.3 Å². The summed E-state index contributed by atoms with van der Waals surface area (Å²) in [6.45, 7) is 6.72. The number of amides is 1. The van der Waals surface area contributed by atoms with Crippen molar-refractivity contribution in [3.63, 3.8) is 0 Å². The molecule has 0 saturated heterocycles. The second-order valence-electron chi connectivity index (χ2n) is 7.45. The Bertz CT molecular complexity index is 1150. The van der Waals surface area contributed by atoms with Crippen molar-refractivity contribution < 1.29 is 23.7 Å². The summed E-state index contributed by atoms with van der Waals surface area (Å²) in [5, 5.41) is 11.6. The van der Waals surface area contributed by atoms with Crippen LogP contribution in [0.15, 0.2) is 41.6 Å². The van der Waals surface area contributed by atoms with E-state index in [1.54, 1.807) is 18.2 Å². The molecular formula is C23H26N4O5S. The van der Waals surface area contributed by atoms with E-state index >= 15 is 0 Å². The number of carbonyl (C=O) groups is 1. The number of fused-ring (bicyclic) bond motifs is 1. The SMILES string of the molecule is CCOc1cc(C)ccc1OCc1nnc(S[C@H](C)C(=O)Nc2ccc3c(c2)OCO3)n1C. The number of aromatic nitrogens is 3. The molecule has 4 rings (SSSR count). The Kier molecular flexibility index (Phi) is 6.93. The predicted molar refractivity (Wildman–Crippen MR) is 124 cm³/mol. The highest BCUT2D eigenvalue weighted by Crippen LogP contribution is 2.34. The number of nitrogens with zero attached hydrogens (tertiary/aromatic N) is 3. The molecule has 1 aromatic heterocycles. The molecule has 0 unspecified atom stereocenters. The number of carbonyl (C=O) groups excluding carboxylic acids is 1. The van der Waals surface area contributed by atoms with Crippen LogP contribution in [-0.2, 0) is 18.4 Å². The van der Waals surface area contributed by atoms with Gasteiger partial charge in [-0.1, -0.05) is 17.8 Å². The third-order valence-corrected chi connectivity index (χ3v) is 6.11. The van der Waals surface area contributed by atoms with Gasteiger partial charge in [-0.15, -0.1) is 10.2 Å².